The van der Waals surface area contributed by atoms with Crippen LogP contribution in [0.25, 0.3) is 0 Å². The van der Waals surface area contributed by atoms with Crippen molar-refractivity contribution >= 4 is 24.8 Å². The minimum Gasteiger partial charge on any atom is -0.379 e. The van der Waals surface area contributed by atoms with Crippen molar-refractivity contribution in [3.63, 3.8) is 0 Å². The zero-order valence-corrected chi connectivity index (χ0v) is 11.2. The number of ether oxygens (including phenoxy) is 1. The summed E-state index contributed by atoms with van der Waals surface area (Å²) in [7, 11) is 0. The second kappa shape index (κ2) is 6.41. The summed E-state index contributed by atoms with van der Waals surface area (Å²) in [5.41, 5.74) is 0. The molecule has 96 valence electrons. The van der Waals surface area contributed by atoms with E-state index in [2.05, 4.69) is 10.2 Å². The van der Waals surface area contributed by atoms with Crippen LogP contribution >= 0.6 is 24.8 Å². The number of morpholine rings is 1. The van der Waals surface area contributed by atoms with Crippen LogP contribution in [0, 0.1) is 0 Å². The Hall–Kier alpha value is 0.460. The molecule has 0 saturated carbocycles. The molecule has 3 heterocycles. The second-order valence-corrected chi connectivity index (χ2v) is 4.91. The van der Waals surface area contributed by atoms with Crippen LogP contribution in [0.15, 0.2) is 0 Å². The van der Waals surface area contributed by atoms with Crippen molar-refractivity contribution in [3.8, 4) is 0 Å². The van der Waals surface area contributed by atoms with Crippen LogP contribution in [0.3, 0.4) is 0 Å². The van der Waals surface area contributed by atoms with Crippen molar-refractivity contribution in [2.75, 3.05) is 26.3 Å². The molecule has 3 rings (SSSR count). The molecule has 2 unspecified atom stereocenters. The third kappa shape index (κ3) is 3.02. The van der Waals surface area contributed by atoms with Gasteiger partial charge in [-0.3, -0.25) is 4.90 Å². The minimum atomic E-state index is 0. The van der Waals surface area contributed by atoms with Gasteiger partial charge in [0.2, 0.25) is 0 Å². The Morgan fingerprint density at radius 1 is 0.938 bits per heavy atom. The summed E-state index contributed by atoms with van der Waals surface area (Å²) in [4.78, 5) is 2.65. The van der Waals surface area contributed by atoms with E-state index in [9.17, 15) is 0 Å². The molecule has 3 aliphatic rings. The van der Waals surface area contributed by atoms with Gasteiger partial charge in [0, 0.05) is 31.2 Å². The standard InChI is InChI=1S/C11H20N2O.2ClH/c1-2-10-8-11(7-9(1)12-10)13-3-5-14-6-4-13;;/h9-12H,1-8H2;2*1H. The van der Waals surface area contributed by atoms with Crippen molar-refractivity contribution < 1.29 is 4.74 Å². The highest BCUT2D eigenvalue weighted by Gasteiger charge is 2.36. The molecule has 3 fully saturated rings. The average Bonchev–Trinajstić information content (AvgIpc) is 2.59. The van der Waals surface area contributed by atoms with E-state index in [0.29, 0.717) is 0 Å². The van der Waals surface area contributed by atoms with Gasteiger partial charge >= 0.3 is 0 Å². The van der Waals surface area contributed by atoms with Crippen LogP contribution in [0.2, 0.25) is 0 Å². The summed E-state index contributed by atoms with van der Waals surface area (Å²) in [5.74, 6) is 0. The number of rotatable bonds is 1. The van der Waals surface area contributed by atoms with E-state index in [4.69, 9.17) is 4.74 Å². The lowest BCUT2D eigenvalue weighted by Crippen LogP contribution is -2.51. The van der Waals surface area contributed by atoms with Gasteiger partial charge in [0.1, 0.15) is 0 Å². The van der Waals surface area contributed by atoms with Gasteiger partial charge in [-0.2, -0.15) is 0 Å². The molecule has 0 amide bonds. The first kappa shape index (κ1) is 14.5. The SMILES string of the molecule is C1CN(C2CC3CCC(C2)N3)CCO1.Cl.Cl. The lowest BCUT2D eigenvalue weighted by Gasteiger charge is -2.39. The van der Waals surface area contributed by atoms with Crippen molar-refractivity contribution in [2.24, 2.45) is 0 Å². The maximum absolute atomic E-state index is 5.40. The Morgan fingerprint density at radius 2 is 1.50 bits per heavy atom. The Bertz CT molecular complexity index is 200. The summed E-state index contributed by atoms with van der Waals surface area (Å²) in [6, 6.07) is 2.49. The molecule has 16 heavy (non-hydrogen) atoms. The summed E-state index contributed by atoms with van der Waals surface area (Å²) in [5, 5.41) is 3.70. The fraction of sp³-hybridized carbons (Fsp3) is 1.00. The normalized spacial score (nSPS) is 38.6. The zero-order valence-electron chi connectivity index (χ0n) is 9.56. The lowest BCUT2D eigenvalue weighted by atomic mass is 9.98. The van der Waals surface area contributed by atoms with Gasteiger partial charge in [-0.05, 0) is 25.7 Å². The monoisotopic (exact) mass is 268 g/mol. The highest BCUT2D eigenvalue weighted by atomic mass is 35.5. The van der Waals surface area contributed by atoms with Crippen LogP contribution in [0.1, 0.15) is 25.7 Å². The molecular weight excluding hydrogens is 247 g/mol. The molecule has 0 spiro atoms. The molecule has 0 radical (unpaired) electrons. The molecule has 5 heteroatoms. The van der Waals surface area contributed by atoms with Gasteiger partial charge in [-0.15, -0.1) is 24.8 Å². The first-order valence-electron chi connectivity index (χ1n) is 5.99. The van der Waals surface area contributed by atoms with Crippen molar-refractivity contribution in [1.82, 2.24) is 10.2 Å². The first-order chi connectivity index (χ1) is 6.92. The van der Waals surface area contributed by atoms with Crippen molar-refractivity contribution in [1.29, 1.82) is 0 Å². The predicted molar refractivity (Wildman–Crippen MR) is 69.9 cm³/mol. The van der Waals surface area contributed by atoms with Gasteiger partial charge < -0.3 is 10.1 Å². The van der Waals surface area contributed by atoms with E-state index in [1.165, 1.54) is 25.7 Å². The molecule has 0 aromatic rings. The van der Waals surface area contributed by atoms with Gasteiger partial charge in [-0.25, -0.2) is 0 Å². The molecule has 3 saturated heterocycles. The Kier molecular flexibility index (Phi) is 5.82. The Balaban J connectivity index is 0.000000640. The van der Waals surface area contributed by atoms with Gasteiger partial charge in [-0.1, -0.05) is 0 Å². The third-order valence-corrected chi connectivity index (χ3v) is 4.01. The number of hydrogen-bond donors (Lipinski definition) is 1. The fourth-order valence-electron chi connectivity index (χ4n) is 3.27. The van der Waals surface area contributed by atoms with E-state index in [1.807, 2.05) is 0 Å². The number of hydrogen-bond acceptors (Lipinski definition) is 3. The molecule has 3 aliphatic heterocycles. The summed E-state index contributed by atoms with van der Waals surface area (Å²) in [6.07, 6.45) is 5.56. The van der Waals surface area contributed by atoms with Crippen LogP contribution in [0.4, 0.5) is 0 Å². The van der Waals surface area contributed by atoms with E-state index in [-0.39, 0.29) is 24.8 Å². The number of halogens is 2. The number of fused-ring (bicyclic) bond motifs is 2. The van der Waals surface area contributed by atoms with E-state index < -0.39 is 0 Å². The van der Waals surface area contributed by atoms with Crippen LogP contribution in [0.5, 0.6) is 0 Å². The maximum atomic E-state index is 5.40. The fourth-order valence-corrected chi connectivity index (χ4v) is 3.27. The molecule has 0 aromatic heterocycles. The largest absolute Gasteiger partial charge is 0.379 e. The second-order valence-electron chi connectivity index (χ2n) is 4.91. The molecule has 2 atom stereocenters. The average molecular weight is 269 g/mol. The van der Waals surface area contributed by atoms with Crippen LogP contribution in [-0.2, 0) is 4.74 Å². The van der Waals surface area contributed by atoms with Crippen LogP contribution in [-0.4, -0.2) is 49.3 Å². The lowest BCUT2D eigenvalue weighted by molar-refractivity contribution is 0.00568. The Labute approximate surface area is 110 Å². The van der Waals surface area contributed by atoms with Gasteiger partial charge in [0.05, 0.1) is 13.2 Å². The Morgan fingerprint density at radius 3 is 2.06 bits per heavy atom. The summed E-state index contributed by atoms with van der Waals surface area (Å²) >= 11 is 0. The number of piperidine rings is 1. The smallest absolute Gasteiger partial charge is 0.0594 e. The van der Waals surface area contributed by atoms with Gasteiger partial charge in [0.15, 0.2) is 0 Å². The predicted octanol–water partition coefficient (Wildman–Crippen LogP) is 1.45. The number of nitrogens with zero attached hydrogens (tertiary/aromatic N) is 1. The minimum absolute atomic E-state index is 0. The molecule has 2 bridgehead atoms. The van der Waals surface area contributed by atoms with E-state index >= 15 is 0 Å². The van der Waals surface area contributed by atoms with Crippen LogP contribution < -0.4 is 5.32 Å². The molecule has 1 N–H and O–H groups in total. The molecule has 3 nitrogen and oxygen atoms in total. The summed E-state index contributed by atoms with van der Waals surface area (Å²) in [6.45, 7) is 4.20. The summed E-state index contributed by atoms with van der Waals surface area (Å²) < 4.78 is 5.40. The topological polar surface area (TPSA) is 24.5 Å². The number of nitrogens with one attached hydrogen (secondary N) is 1. The van der Waals surface area contributed by atoms with E-state index in [0.717, 1.165) is 44.4 Å². The molecular formula is C11H22Cl2N2O. The maximum Gasteiger partial charge on any atom is 0.0594 e. The van der Waals surface area contributed by atoms with Crippen molar-refractivity contribution in [3.05, 3.63) is 0 Å². The first-order valence-corrected chi connectivity index (χ1v) is 5.99. The highest BCUT2D eigenvalue weighted by Crippen LogP contribution is 2.29. The molecule has 0 aromatic carbocycles. The highest BCUT2D eigenvalue weighted by molar-refractivity contribution is 5.85. The quantitative estimate of drug-likeness (QED) is 0.779. The van der Waals surface area contributed by atoms with E-state index in [1.54, 1.807) is 0 Å². The van der Waals surface area contributed by atoms with Gasteiger partial charge in [0.25, 0.3) is 0 Å². The third-order valence-electron chi connectivity index (χ3n) is 4.01. The van der Waals surface area contributed by atoms with Crippen molar-refractivity contribution in [2.45, 2.75) is 43.8 Å². The zero-order chi connectivity index (χ0) is 9.38. The molecule has 0 aliphatic carbocycles.